The Bertz CT molecular complexity index is 646. The highest BCUT2D eigenvalue weighted by molar-refractivity contribution is 8.00. The minimum absolute atomic E-state index is 0.0570. The van der Waals surface area contributed by atoms with Gasteiger partial charge in [-0.3, -0.25) is 4.79 Å². The Hall–Kier alpha value is -1.65. The van der Waals surface area contributed by atoms with Gasteiger partial charge in [0.15, 0.2) is 0 Å². The number of rotatable bonds is 7. The number of aryl methyl sites for hydroxylation is 1. The molecular weight excluding hydrogens is 330 g/mol. The number of thioether (sulfide) groups is 1. The van der Waals surface area contributed by atoms with Gasteiger partial charge in [-0.15, -0.1) is 11.8 Å². The van der Waals surface area contributed by atoms with Crippen molar-refractivity contribution in [2.45, 2.75) is 19.1 Å². The lowest BCUT2D eigenvalue weighted by atomic mass is 10.2. The summed E-state index contributed by atoms with van der Waals surface area (Å²) >= 11 is 7.59. The van der Waals surface area contributed by atoms with E-state index in [0.29, 0.717) is 17.3 Å². The van der Waals surface area contributed by atoms with Gasteiger partial charge >= 0.3 is 0 Å². The zero-order valence-electron chi connectivity index (χ0n) is 13.2. The van der Waals surface area contributed by atoms with Gasteiger partial charge in [-0.05, 0) is 38.1 Å². The molecular formula is C18H20ClNO2S. The van der Waals surface area contributed by atoms with Crippen LogP contribution in [-0.2, 0) is 4.79 Å². The molecule has 0 spiro atoms. The van der Waals surface area contributed by atoms with E-state index in [4.69, 9.17) is 16.3 Å². The second kappa shape index (κ2) is 8.85. The largest absolute Gasteiger partial charge is 0.493 e. The number of amides is 1. The van der Waals surface area contributed by atoms with E-state index < -0.39 is 0 Å². The summed E-state index contributed by atoms with van der Waals surface area (Å²) in [5.74, 6) is 1.54. The number of anilines is 1. The van der Waals surface area contributed by atoms with Crippen molar-refractivity contribution in [2.75, 3.05) is 17.7 Å². The van der Waals surface area contributed by atoms with Gasteiger partial charge in [0.25, 0.3) is 0 Å². The van der Waals surface area contributed by atoms with Gasteiger partial charge in [0.2, 0.25) is 5.91 Å². The van der Waals surface area contributed by atoms with Crippen LogP contribution >= 0.6 is 23.4 Å². The topological polar surface area (TPSA) is 38.3 Å². The first-order valence-corrected chi connectivity index (χ1v) is 8.85. The molecule has 1 N–H and O–H groups in total. The first kappa shape index (κ1) is 17.7. The van der Waals surface area contributed by atoms with Crippen molar-refractivity contribution >= 4 is 35.0 Å². The molecule has 0 aliphatic heterocycles. The first-order valence-electron chi connectivity index (χ1n) is 7.43. The monoisotopic (exact) mass is 349 g/mol. The molecule has 3 nitrogen and oxygen atoms in total. The number of nitrogens with one attached hydrogen (secondary N) is 1. The molecule has 0 saturated heterocycles. The maximum absolute atomic E-state index is 12.1. The van der Waals surface area contributed by atoms with Gasteiger partial charge in [0.1, 0.15) is 5.75 Å². The molecule has 0 aromatic heterocycles. The third-order valence-electron chi connectivity index (χ3n) is 3.24. The Balaban J connectivity index is 1.72. The molecule has 1 atom stereocenters. The summed E-state index contributed by atoms with van der Waals surface area (Å²) in [4.78, 5) is 12.1. The summed E-state index contributed by atoms with van der Waals surface area (Å²) in [6.45, 7) is 4.49. The van der Waals surface area contributed by atoms with Crippen LogP contribution in [0.4, 0.5) is 5.69 Å². The van der Waals surface area contributed by atoms with Crippen molar-refractivity contribution in [1.29, 1.82) is 0 Å². The molecule has 1 amide bonds. The molecule has 2 aromatic carbocycles. The van der Waals surface area contributed by atoms with Crippen molar-refractivity contribution in [3.8, 4) is 5.75 Å². The predicted octanol–water partition coefficient (Wildman–Crippen LogP) is 4.79. The standard InChI is InChI=1S/C18H20ClNO2S/c1-13-7-9-15(10-8-13)22-11-12-23-14(2)18(21)20-17-6-4-3-5-16(17)19/h3-10,14H,11-12H2,1-2H3,(H,20,21). The highest BCUT2D eigenvalue weighted by atomic mass is 35.5. The summed E-state index contributed by atoms with van der Waals surface area (Å²) in [6, 6.07) is 15.2. The van der Waals surface area contributed by atoms with Gasteiger partial charge in [-0.2, -0.15) is 0 Å². The van der Waals surface area contributed by atoms with Crippen LogP contribution in [0.5, 0.6) is 5.75 Å². The highest BCUT2D eigenvalue weighted by Gasteiger charge is 2.14. The lowest BCUT2D eigenvalue weighted by Gasteiger charge is -2.13. The minimum Gasteiger partial charge on any atom is -0.493 e. The van der Waals surface area contributed by atoms with E-state index in [1.165, 1.54) is 5.56 Å². The summed E-state index contributed by atoms with van der Waals surface area (Å²) in [5, 5.41) is 3.21. The van der Waals surface area contributed by atoms with Crippen LogP contribution in [0.3, 0.4) is 0 Å². The van der Waals surface area contributed by atoms with Crippen LogP contribution in [0, 0.1) is 6.92 Å². The summed E-state index contributed by atoms with van der Waals surface area (Å²) in [5.41, 5.74) is 1.85. The van der Waals surface area contributed by atoms with E-state index in [9.17, 15) is 4.79 Å². The summed E-state index contributed by atoms with van der Waals surface area (Å²) < 4.78 is 5.65. The lowest BCUT2D eigenvalue weighted by molar-refractivity contribution is -0.115. The number of carbonyl (C=O) groups is 1. The summed E-state index contributed by atoms with van der Waals surface area (Å²) in [7, 11) is 0. The van der Waals surface area contributed by atoms with Crippen LogP contribution in [0.15, 0.2) is 48.5 Å². The molecule has 0 bridgehead atoms. The van der Waals surface area contributed by atoms with Crippen LogP contribution < -0.4 is 10.1 Å². The number of ether oxygens (including phenoxy) is 1. The second-order valence-electron chi connectivity index (χ2n) is 5.14. The quantitative estimate of drug-likeness (QED) is 0.730. The fraction of sp³-hybridized carbons (Fsp3) is 0.278. The molecule has 0 aliphatic carbocycles. The van der Waals surface area contributed by atoms with Gasteiger partial charge in [0, 0.05) is 5.75 Å². The number of hydrogen-bond donors (Lipinski definition) is 1. The smallest absolute Gasteiger partial charge is 0.237 e. The minimum atomic E-state index is -0.173. The number of halogens is 1. The zero-order valence-corrected chi connectivity index (χ0v) is 14.8. The average molecular weight is 350 g/mol. The number of carbonyl (C=O) groups excluding carboxylic acids is 1. The molecule has 0 heterocycles. The normalized spacial score (nSPS) is 11.8. The van der Waals surface area contributed by atoms with Crippen molar-refractivity contribution in [2.24, 2.45) is 0 Å². The molecule has 0 fully saturated rings. The Kier molecular flexibility index (Phi) is 6.81. The molecule has 122 valence electrons. The van der Waals surface area contributed by atoms with Crippen molar-refractivity contribution < 1.29 is 9.53 Å². The Morgan fingerprint density at radius 3 is 2.61 bits per heavy atom. The molecule has 23 heavy (non-hydrogen) atoms. The van der Waals surface area contributed by atoms with Crippen LogP contribution in [0.2, 0.25) is 5.02 Å². The van der Waals surface area contributed by atoms with Gasteiger partial charge in [-0.25, -0.2) is 0 Å². The molecule has 5 heteroatoms. The van der Waals surface area contributed by atoms with Crippen molar-refractivity contribution in [3.05, 3.63) is 59.1 Å². The number of benzene rings is 2. The van der Waals surface area contributed by atoms with Gasteiger partial charge in [0.05, 0.1) is 22.6 Å². The van der Waals surface area contributed by atoms with E-state index in [2.05, 4.69) is 5.32 Å². The first-order chi connectivity index (χ1) is 11.1. The lowest BCUT2D eigenvalue weighted by Crippen LogP contribution is -2.23. The van der Waals surface area contributed by atoms with E-state index in [0.717, 1.165) is 11.5 Å². The van der Waals surface area contributed by atoms with E-state index in [1.54, 1.807) is 23.9 Å². The maximum atomic E-state index is 12.1. The fourth-order valence-electron chi connectivity index (χ4n) is 1.89. The maximum Gasteiger partial charge on any atom is 0.237 e. The van der Waals surface area contributed by atoms with Crippen molar-refractivity contribution in [3.63, 3.8) is 0 Å². The molecule has 2 aromatic rings. The van der Waals surface area contributed by atoms with Crippen LogP contribution in [0.25, 0.3) is 0 Å². The van der Waals surface area contributed by atoms with Crippen LogP contribution in [0.1, 0.15) is 12.5 Å². The third kappa shape index (κ3) is 5.81. The SMILES string of the molecule is Cc1ccc(OCCSC(C)C(=O)Nc2ccccc2Cl)cc1. The van der Waals surface area contributed by atoms with E-state index in [-0.39, 0.29) is 11.2 Å². The Labute approximate surface area is 146 Å². The molecule has 0 saturated carbocycles. The Morgan fingerprint density at radius 1 is 1.22 bits per heavy atom. The summed E-state index contributed by atoms with van der Waals surface area (Å²) in [6.07, 6.45) is 0. The zero-order chi connectivity index (χ0) is 16.7. The Morgan fingerprint density at radius 2 is 1.91 bits per heavy atom. The predicted molar refractivity (Wildman–Crippen MR) is 98.7 cm³/mol. The number of para-hydroxylation sites is 1. The third-order valence-corrected chi connectivity index (χ3v) is 4.69. The number of hydrogen-bond acceptors (Lipinski definition) is 3. The average Bonchev–Trinajstić information content (AvgIpc) is 2.55. The van der Waals surface area contributed by atoms with Gasteiger partial charge in [-0.1, -0.05) is 41.4 Å². The molecule has 0 aliphatic rings. The molecule has 2 rings (SSSR count). The van der Waals surface area contributed by atoms with Gasteiger partial charge < -0.3 is 10.1 Å². The van der Waals surface area contributed by atoms with Crippen LogP contribution in [-0.4, -0.2) is 23.5 Å². The van der Waals surface area contributed by atoms with E-state index in [1.807, 2.05) is 50.2 Å². The molecule has 1 unspecified atom stereocenters. The molecule has 0 radical (unpaired) electrons. The fourth-order valence-corrected chi connectivity index (χ4v) is 2.82. The van der Waals surface area contributed by atoms with E-state index >= 15 is 0 Å². The van der Waals surface area contributed by atoms with Crippen molar-refractivity contribution in [1.82, 2.24) is 0 Å². The second-order valence-corrected chi connectivity index (χ2v) is 7.00. The highest BCUT2D eigenvalue weighted by Crippen LogP contribution is 2.22.